The Morgan fingerprint density at radius 2 is 1.76 bits per heavy atom. The number of rotatable bonds is 5. The summed E-state index contributed by atoms with van der Waals surface area (Å²) in [6.45, 7) is 3.96. The average molecular weight is 401 g/mol. The van der Waals surface area contributed by atoms with Gasteiger partial charge in [-0.25, -0.2) is 0 Å². The van der Waals surface area contributed by atoms with Gasteiger partial charge in [-0.05, 0) is 48.7 Å². The monoisotopic (exact) mass is 400 g/mol. The van der Waals surface area contributed by atoms with Crippen molar-refractivity contribution in [2.45, 2.75) is 19.9 Å². The molecule has 2 aromatic heterocycles. The third-order valence-corrected chi connectivity index (χ3v) is 5.49. The van der Waals surface area contributed by atoms with Gasteiger partial charge < -0.3 is 5.32 Å². The molecule has 144 valence electrons. The number of hydrogen-bond donors (Lipinski definition) is 1. The zero-order valence-corrected chi connectivity index (χ0v) is 17.0. The second kappa shape index (κ2) is 8.32. The lowest BCUT2D eigenvalue weighted by Crippen LogP contribution is -2.27. The highest BCUT2D eigenvalue weighted by molar-refractivity contribution is 7.13. The highest BCUT2D eigenvalue weighted by atomic mass is 32.1. The Morgan fingerprint density at radius 3 is 2.45 bits per heavy atom. The molecule has 0 bridgehead atoms. The van der Waals surface area contributed by atoms with Crippen molar-refractivity contribution in [2.75, 3.05) is 0 Å². The van der Waals surface area contributed by atoms with Crippen LogP contribution in [0.25, 0.3) is 21.6 Å². The molecule has 0 aliphatic rings. The minimum Gasteiger partial charge on any atom is -0.344 e. The van der Waals surface area contributed by atoms with Crippen molar-refractivity contribution in [2.24, 2.45) is 0 Å². The van der Waals surface area contributed by atoms with Crippen molar-refractivity contribution < 1.29 is 4.79 Å². The molecule has 1 N–H and O–H groups in total. The number of benzene rings is 2. The first kappa shape index (κ1) is 19.0. The third kappa shape index (κ3) is 4.38. The summed E-state index contributed by atoms with van der Waals surface area (Å²) >= 11 is 1.55. The van der Waals surface area contributed by atoms with Crippen LogP contribution >= 0.6 is 11.3 Å². The minimum absolute atomic E-state index is 0.150. The summed E-state index contributed by atoms with van der Waals surface area (Å²) in [5.41, 5.74) is 7.35. The Morgan fingerprint density at radius 1 is 0.966 bits per heavy atom. The highest BCUT2D eigenvalue weighted by Gasteiger charge is 2.15. The van der Waals surface area contributed by atoms with Crippen molar-refractivity contribution >= 4 is 17.2 Å². The Labute approximate surface area is 173 Å². The van der Waals surface area contributed by atoms with Gasteiger partial charge in [-0.3, -0.25) is 19.7 Å². The average Bonchev–Trinajstić information content (AvgIpc) is 3.29. The van der Waals surface area contributed by atoms with Crippen LogP contribution in [0, 0.1) is 6.92 Å². The van der Waals surface area contributed by atoms with E-state index in [1.165, 1.54) is 5.56 Å². The molecule has 0 radical (unpaired) electrons. The van der Waals surface area contributed by atoms with Gasteiger partial charge in [0.05, 0.1) is 28.3 Å². The molecule has 0 spiro atoms. The summed E-state index contributed by atoms with van der Waals surface area (Å²) in [4.78, 5) is 26.6. The van der Waals surface area contributed by atoms with E-state index in [0.717, 1.165) is 27.3 Å². The number of hydrogen-bond acceptors (Lipinski definition) is 5. The molecule has 1 atom stereocenters. The topological polar surface area (TPSA) is 67.8 Å². The fraction of sp³-hybridized carbons (Fsp3) is 0.130. The highest BCUT2D eigenvalue weighted by Crippen LogP contribution is 2.30. The van der Waals surface area contributed by atoms with Crippen LogP contribution in [0.1, 0.15) is 34.6 Å². The summed E-state index contributed by atoms with van der Waals surface area (Å²) in [6.07, 6.45) is 6.72. The van der Waals surface area contributed by atoms with E-state index < -0.39 is 0 Å². The molecule has 4 aromatic rings. The Bertz CT molecular complexity index is 1110. The first-order chi connectivity index (χ1) is 14.1. The molecule has 5 nitrogen and oxygen atoms in total. The molecule has 0 aliphatic carbocycles. The normalized spacial score (nSPS) is 11.8. The summed E-state index contributed by atoms with van der Waals surface area (Å²) < 4.78 is 0. The largest absolute Gasteiger partial charge is 0.344 e. The van der Waals surface area contributed by atoms with Crippen molar-refractivity contribution in [3.8, 4) is 21.6 Å². The van der Waals surface area contributed by atoms with Gasteiger partial charge in [0.2, 0.25) is 0 Å². The molecule has 2 aromatic carbocycles. The summed E-state index contributed by atoms with van der Waals surface area (Å²) in [7, 11) is 0. The van der Waals surface area contributed by atoms with E-state index in [9.17, 15) is 4.79 Å². The molecule has 0 saturated heterocycles. The predicted molar refractivity (Wildman–Crippen MR) is 116 cm³/mol. The second-order valence-electron chi connectivity index (χ2n) is 6.86. The van der Waals surface area contributed by atoms with Crippen LogP contribution in [0.3, 0.4) is 0 Å². The minimum atomic E-state index is -0.244. The van der Waals surface area contributed by atoms with Crippen LogP contribution < -0.4 is 5.32 Å². The maximum atomic E-state index is 13.0. The molecular weight excluding hydrogens is 380 g/mol. The first-order valence-electron chi connectivity index (χ1n) is 9.28. The van der Waals surface area contributed by atoms with Gasteiger partial charge in [-0.15, -0.1) is 11.3 Å². The van der Waals surface area contributed by atoms with Crippen molar-refractivity contribution in [1.82, 2.24) is 20.3 Å². The van der Waals surface area contributed by atoms with E-state index >= 15 is 0 Å². The molecule has 0 fully saturated rings. The van der Waals surface area contributed by atoms with E-state index in [-0.39, 0.29) is 11.9 Å². The standard InChI is InChI=1S/C23H20N4OS/c1-15-3-5-17(6-4-15)18-9-19(22-13-25-14-29-22)11-20(10-18)23(28)27-16(2)21-12-24-7-8-26-21/h3-14,16H,1-2H3,(H,27,28). The van der Waals surface area contributed by atoms with Gasteiger partial charge >= 0.3 is 0 Å². The van der Waals surface area contributed by atoms with Crippen molar-refractivity contribution in [3.05, 3.63) is 89.6 Å². The van der Waals surface area contributed by atoms with E-state index in [1.807, 2.05) is 25.3 Å². The van der Waals surface area contributed by atoms with E-state index in [2.05, 4.69) is 57.5 Å². The number of thiazole rings is 1. The molecule has 29 heavy (non-hydrogen) atoms. The molecule has 0 saturated carbocycles. The van der Waals surface area contributed by atoms with Crippen molar-refractivity contribution in [3.63, 3.8) is 0 Å². The predicted octanol–water partition coefficient (Wildman–Crippen LogP) is 5.07. The van der Waals surface area contributed by atoms with Crippen LogP contribution in [0.5, 0.6) is 0 Å². The molecule has 1 amide bonds. The number of aryl methyl sites for hydroxylation is 1. The van der Waals surface area contributed by atoms with Gasteiger partial charge in [-0.1, -0.05) is 29.8 Å². The zero-order valence-electron chi connectivity index (χ0n) is 16.2. The third-order valence-electron chi connectivity index (χ3n) is 4.67. The quantitative estimate of drug-likeness (QED) is 0.508. The van der Waals surface area contributed by atoms with Gasteiger partial charge in [0.15, 0.2) is 0 Å². The first-order valence-corrected chi connectivity index (χ1v) is 10.2. The zero-order chi connectivity index (χ0) is 20.2. The maximum Gasteiger partial charge on any atom is 0.251 e. The lowest BCUT2D eigenvalue weighted by molar-refractivity contribution is 0.0939. The summed E-state index contributed by atoms with van der Waals surface area (Å²) in [5, 5.41) is 3.02. The second-order valence-corrected chi connectivity index (χ2v) is 7.74. The Kier molecular flexibility index (Phi) is 5.44. The number of nitrogens with zero attached hydrogens (tertiary/aromatic N) is 3. The maximum absolute atomic E-state index is 13.0. The number of amides is 1. The number of carbonyl (C=O) groups is 1. The van der Waals surface area contributed by atoms with Gasteiger partial charge in [0.25, 0.3) is 5.91 Å². The Hall–Kier alpha value is -3.38. The van der Waals surface area contributed by atoms with Crippen LogP contribution in [-0.4, -0.2) is 20.9 Å². The molecule has 1 unspecified atom stereocenters. The lowest BCUT2D eigenvalue weighted by Gasteiger charge is -2.14. The van der Waals surface area contributed by atoms with Gasteiger partial charge in [-0.2, -0.15) is 0 Å². The smallest absolute Gasteiger partial charge is 0.251 e. The lowest BCUT2D eigenvalue weighted by atomic mass is 9.98. The molecule has 0 aliphatic heterocycles. The molecule has 6 heteroatoms. The molecule has 2 heterocycles. The fourth-order valence-corrected chi connectivity index (χ4v) is 3.67. The summed E-state index contributed by atoms with van der Waals surface area (Å²) in [6, 6.07) is 14.0. The fourth-order valence-electron chi connectivity index (χ4n) is 3.06. The van der Waals surface area contributed by atoms with Crippen LogP contribution in [0.15, 0.2) is 72.8 Å². The van der Waals surface area contributed by atoms with Crippen LogP contribution in [-0.2, 0) is 0 Å². The number of nitrogens with one attached hydrogen (secondary N) is 1. The number of aromatic nitrogens is 3. The van der Waals surface area contributed by atoms with E-state index in [4.69, 9.17) is 0 Å². The van der Waals surface area contributed by atoms with E-state index in [1.54, 1.807) is 35.4 Å². The number of carbonyl (C=O) groups excluding carboxylic acids is 1. The molecule has 4 rings (SSSR count). The molecular formula is C23H20N4OS. The van der Waals surface area contributed by atoms with E-state index in [0.29, 0.717) is 5.56 Å². The van der Waals surface area contributed by atoms with Gasteiger partial charge in [0, 0.05) is 24.2 Å². The van der Waals surface area contributed by atoms with Crippen LogP contribution in [0.4, 0.5) is 0 Å². The van der Waals surface area contributed by atoms with Crippen LogP contribution in [0.2, 0.25) is 0 Å². The van der Waals surface area contributed by atoms with Crippen molar-refractivity contribution in [1.29, 1.82) is 0 Å². The summed E-state index contributed by atoms with van der Waals surface area (Å²) in [5.74, 6) is -0.150. The Balaban J connectivity index is 1.70. The SMILES string of the molecule is Cc1ccc(-c2cc(C(=O)NC(C)c3cnccn3)cc(-c3cncs3)c2)cc1. The van der Waals surface area contributed by atoms with Gasteiger partial charge in [0.1, 0.15) is 0 Å².